The van der Waals surface area contributed by atoms with Crippen LogP contribution in [0.15, 0.2) is 30.3 Å². The van der Waals surface area contributed by atoms with Gasteiger partial charge in [-0.05, 0) is 22.6 Å². The summed E-state index contributed by atoms with van der Waals surface area (Å²) in [6.07, 6.45) is 0. The number of nitrogens with one attached hydrogen (secondary N) is 1. The smallest absolute Gasteiger partial charge is 0.247 e. The Hall–Kier alpha value is -1.62. The minimum absolute atomic E-state index is 0. The first-order chi connectivity index (χ1) is 6.42. The summed E-state index contributed by atoms with van der Waals surface area (Å²) in [7, 11) is 1.78. The van der Waals surface area contributed by atoms with Crippen molar-refractivity contribution in [3.63, 3.8) is 0 Å². The molecule has 0 atom stereocenters. The fraction of sp³-hybridized carbons (Fsp3) is 0.125. The van der Waals surface area contributed by atoms with E-state index < -0.39 is 0 Å². The Bertz CT molecular complexity index is 386. The van der Waals surface area contributed by atoms with Crippen molar-refractivity contribution in [1.82, 2.24) is 20.2 Å². The van der Waals surface area contributed by atoms with E-state index in [1.165, 1.54) is 0 Å². The number of halogens is 1. The lowest BCUT2D eigenvalue weighted by Gasteiger charge is -2.01. The summed E-state index contributed by atoms with van der Waals surface area (Å²) in [5.41, 5.74) is 0.942. The molecule has 0 radical (unpaired) electrons. The van der Waals surface area contributed by atoms with Gasteiger partial charge >= 0.3 is 0 Å². The highest BCUT2D eigenvalue weighted by molar-refractivity contribution is 5.85. The summed E-state index contributed by atoms with van der Waals surface area (Å²) in [6.45, 7) is 0. The van der Waals surface area contributed by atoms with Crippen molar-refractivity contribution in [2.45, 2.75) is 0 Å². The van der Waals surface area contributed by atoms with Gasteiger partial charge in [-0.2, -0.15) is 4.68 Å². The van der Waals surface area contributed by atoms with Crippen LogP contribution < -0.4 is 5.32 Å². The maximum absolute atomic E-state index is 3.85. The molecule has 0 unspecified atom stereocenters. The zero-order valence-corrected chi connectivity index (χ0v) is 8.40. The van der Waals surface area contributed by atoms with Crippen LogP contribution in [0.3, 0.4) is 0 Å². The second-order valence-corrected chi connectivity index (χ2v) is 2.50. The largest absolute Gasteiger partial charge is 0.356 e. The first kappa shape index (κ1) is 10.5. The number of benzene rings is 1. The van der Waals surface area contributed by atoms with Crippen LogP contribution in [-0.2, 0) is 0 Å². The van der Waals surface area contributed by atoms with Crippen LogP contribution >= 0.6 is 12.4 Å². The zero-order chi connectivity index (χ0) is 9.10. The normalized spacial score (nSPS) is 9.21. The molecular formula is C8H10ClN5. The van der Waals surface area contributed by atoms with Crippen LogP contribution in [0.25, 0.3) is 5.69 Å². The molecule has 1 heterocycles. The maximum Gasteiger partial charge on any atom is 0.247 e. The van der Waals surface area contributed by atoms with Crippen LogP contribution in [0.2, 0.25) is 0 Å². The predicted octanol–water partition coefficient (Wildman–Crippen LogP) is 1.13. The molecule has 14 heavy (non-hydrogen) atoms. The maximum atomic E-state index is 3.85. The summed E-state index contributed by atoms with van der Waals surface area (Å²) < 4.78 is 1.64. The van der Waals surface area contributed by atoms with Crippen LogP contribution in [0.4, 0.5) is 5.95 Å². The molecular weight excluding hydrogens is 202 g/mol. The highest BCUT2D eigenvalue weighted by Gasteiger charge is 2.03. The highest BCUT2D eigenvalue weighted by atomic mass is 35.5. The quantitative estimate of drug-likeness (QED) is 0.809. The van der Waals surface area contributed by atoms with Crippen molar-refractivity contribution >= 4 is 18.4 Å². The molecule has 1 aromatic heterocycles. The van der Waals surface area contributed by atoms with E-state index in [2.05, 4.69) is 20.8 Å². The minimum atomic E-state index is 0. The molecule has 0 aliphatic rings. The number of hydrogen-bond donors (Lipinski definition) is 1. The molecule has 1 aromatic carbocycles. The Balaban J connectivity index is 0.000000980. The molecule has 0 aliphatic heterocycles. The van der Waals surface area contributed by atoms with Gasteiger partial charge in [0.25, 0.3) is 0 Å². The van der Waals surface area contributed by atoms with E-state index in [4.69, 9.17) is 0 Å². The Morgan fingerprint density at radius 1 is 1.21 bits per heavy atom. The number of aromatic nitrogens is 4. The predicted molar refractivity (Wildman–Crippen MR) is 55.9 cm³/mol. The first-order valence-corrected chi connectivity index (χ1v) is 3.93. The fourth-order valence-electron chi connectivity index (χ4n) is 1.09. The van der Waals surface area contributed by atoms with Gasteiger partial charge in [-0.3, -0.25) is 0 Å². The molecule has 0 spiro atoms. The van der Waals surface area contributed by atoms with Crippen molar-refractivity contribution in [2.24, 2.45) is 0 Å². The number of nitrogens with zero attached hydrogens (tertiary/aromatic N) is 4. The lowest BCUT2D eigenvalue weighted by atomic mass is 10.3. The highest BCUT2D eigenvalue weighted by Crippen LogP contribution is 2.08. The van der Waals surface area contributed by atoms with E-state index in [9.17, 15) is 0 Å². The van der Waals surface area contributed by atoms with Crippen LogP contribution in [0, 0.1) is 0 Å². The molecule has 2 rings (SSSR count). The van der Waals surface area contributed by atoms with Crippen LogP contribution in [-0.4, -0.2) is 27.3 Å². The van der Waals surface area contributed by atoms with E-state index >= 15 is 0 Å². The van der Waals surface area contributed by atoms with E-state index in [0.717, 1.165) is 5.69 Å². The summed E-state index contributed by atoms with van der Waals surface area (Å²) >= 11 is 0. The number of para-hydroxylation sites is 1. The molecule has 0 saturated carbocycles. The summed E-state index contributed by atoms with van der Waals surface area (Å²) in [5, 5.41) is 14.1. The van der Waals surface area contributed by atoms with Crippen molar-refractivity contribution in [1.29, 1.82) is 0 Å². The van der Waals surface area contributed by atoms with Gasteiger partial charge in [-0.25, -0.2) is 0 Å². The van der Waals surface area contributed by atoms with Crippen molar-refractivity contribution < 1.29 is 0 Å². The number of rotatable bonds is 2. The number of anilines is 1. The van der Waals surface area contributed by atoms with Crippen molar-refractivity contribution in [3.05, 3.63) is 30.3 Å². The van der Waals surface area contributed by atoms with Crippen molar-refractivity contribution in [3.8, 4) is 5.69 Å². The van der Waals surface area contributed by atoms with Gasteiger partial charge in [-0.1, -0.05) is 23.3 Å². The molecule has 5 nitrogen and oxygen atoms in total. The molecule has 2 aromatic rings. The third kappa shape index (κ3) is 1.82. The Morgan fingerprint density at radius 3 is 2.57 bits per heavy atom. The van der Waals surface area contributed by atoms with E-state index in [1.807, 2.05) is 30.3 Å². The van der Waals surface area contributed by atoms with E-state index in [-0.39, 0.29) is 12.4 Å². The van der Waals surface area contributed by atoms with E-state index in [1.54, 1.807) is 11.7 Å². The first-order valence-electron chi connectivity index (χ1n) is 3.93. The average Bonchev–Trinajstić information content (AvgIpc) is 2.67. The zero-order valence-electron chi connectivity index (χ0n) is 7.58. The van der Waals surface area contributed by atoms with Crippen LogP contribution in [0.5, 0.6) is 0 Å². The average molecular weight is 212 g/mol. The van der Waals surface area contributed by atoms with E-state index in [0.29, 0.717) is 5.95 Å². The molecule has 6 heteroatoms. The Morgan fingerprint density at radius 2 is 1.93 bits per heavy atom. The lowest BCUT2D eigenvalue weighted by molar-refractivity contribution is 0.791. The van der Waals surface area contributed by atoms with Gasteiger partial charge in [0.2, 0.25) is 5.95 Å². The van der Waals surface area contributed by atoms with Crippen molar-refractivity contribution in [2.75, 3.05) is 12.4 Å². The fourth-order valence-corrected chi connectivity index (χ4v) is 1.09. The molecule has 0 aliphatic carbocycles. The molecule has 74 valence electrons. The standard InChI is InChI=1S/C8H9N5.ClH/c1-9-8-10-11-12-13(8)7-5-3-2-4-6-7;/h2-6H,1H3,(H,9,10,12);1H. The van der Waals surface area contributed by atoms with Gasteiger partial charge in [0, 0.05) is 7.05 Å². The minimum Gasteiger partial charge on any atom is -0.356 e. The second-order valence-electron chi connectivity index (χ2n) is 2.50. The molecule has 0 saturated heterocycles. The third-order valence-corrected chi connectivity index (χ3v) is 1.69. The topological polar surface area (TPSA) is 55.6 Å². The summed E-state index contributed by atoms with van der Waals surface area (Å²) in [4.78, 5) is 0. The monoisotopic (exact) mass is 211 g/mol. The van der Waals surface area contributed by atoms with Gasteiger partial charge in [0.05, 0.1) is 5.69 Å². The van der Waals surface area contributed by atoms with Gasteiger partial charge < -0.3 is 5.32 Å². The molecule has 0 amide bonds. The third-order valence-electron chi connectivity index (χ3n) is 1.69. The summed E-state index contributed by atoms with van der Waals surface area (Å²) in [5.74, 6) is 0.631. The Kier molecular flexibility index (Phi) is 3.41. The summed E-state index contributed by atoms with van der Waals surface area (Å²) in [6, 6.07) is 9.72. The Labute approximate surface area is 87.5 Å². The molecule has 0 bridgehead atoms. The van der Waals surface area contributed by atoms with Gasteiger partial charge in [0.15, 0.2) is 0 Å². The number of tetrazole rings is 1. The molecule has 1 N–H and O–H groups in total. The van der Waals surface area contributed by atoms with Crippen LogP contribution in [0.1, 0.15) is 0 Å². The second kappa shape index (κ2) is 4.57. The molecule has 0 fully saturated rings. The number of hydrogen-bond acceptors (Lipinski definition) is 4. The van der Waals surface area contributed by atoms with Gasteiger partial charge in [0.1, 0.15) is 0 Å². The SMILES string of the molecule is CNc1nnnn1-c1ccccc1.Cl. The lowest BCUT2D eigenvalue weighted by Crippen LogP contribution is -2.02. The van der Waals surface area contributed by atoms with Gasteiger partial charge in [-0.15, -0.1) is 12.4 Å².